The average Bonchev–Trinajstić information content (AvgIpc) is 2.30. The Balaban J connectivity index is 2.50. The molecule has 0 bridgehead atoms. The van der Waals surface area contributed by atoms with Gasteiger partial charge in [0, 0.05) is 5.54 Å². The van der Waals surface area contributed by atoms with Gasteiger partial charge in [0.2, 0.25) is 0 Å². The molecule has 0 aromatic carbocycles. The van der Waals surface area contributed by atoms with Gasteiger partial charge in [-0.15, -0.1) is 0 Å². The van der Waals surface area contributed by atoms with E-state index in [1.165, 1.54) is 11.5 Å². The minimum atomic E-state index is -0.218. The lowest BCUT2D eigenvalue weighted by Gasteiger charge is -2.20. The van der Waals surface area contributed by atoms with Gasteiger partial charge in [-0.25, -0.2) is 4.79 Å². The number of anilines is 1. The number of hydrogen-bond acceptors (Lipinski definition) is 3. The van der Waals surface area contributed by atoms with Crippen LogP contribution < -0.4 is 10.6 Å². The van der Waals surface area contributed by atoms with Crippen molar-refractivity contribution in [2.75, 3.05) is 5.32 Å². The Hall–Kier alpha value is -1.10. The first kappa shape index (κ1) is 11.0. The molecule has 2 N–H and O–H groups in total. The van der Waals surface area contributed by atoms with Crippen LogP contribution >= 0.6 is 11.5 Å². The molecule has 1 heterocycles. The third-order valence-electron chi connectivity index (χ3n) is 1.35. The van der Waals surface area contributed by atoms with Gasteiger partial charge in [-0.3, -0.25) is 5.32 Å². The summed E-state index contributed by atoms with van der Waals surface area (Å²) in [4.78, 5) is 11.4. The van der Waals surface area contributed by atoms with Gasteiger partial charge in [-0.2, -0.15) is 4.37 Å². The molecular formula is C9H15N3OS. The number of aryl methyl sites for hydroxylation is 1. The third-order valence-corrected chi connectivity index (χ3v) is 2.15. The molecular weight excluding hydrogens is 198 g/mol. The monoisotopic (exact) mass is 213 g/mol. The summed E-state index contributed by atoms with van der Waals surface area (Å²) < 4.78 is 4.07. The van der Waals surface area contributed by atoms with E-state index in [1.807, 2.05) is 33.8 Å². The summed E-state index contributed by atoms with van der Waals surface area (Å²) in [5, 5.41) is 6.30. The third kappa shape index (κ3) is 3.74. The summed E-state index contributed by atoms with van der Waals surface area (Å²) in [6.07, 6.45) is 0. The van der Waals surface area contributed by atoms with E-state index < -0.39 is 0 Å². The van der Waals surface area contributed by atoms with Gasteiger partial charge in [0.1, 0.15) is 5.00 Å². The minimum Gasteiger partial charge on any atom is -0.333 e. The Morgan fingerprint density at radius 2 is 2.14 bits per heavy atom. The van der Waals surface area contributed by atoms with Gasteiger partial charge in [-0.05, 0) is 45.3 Å². The molecule has 0 radical (unpaired) electrons. The molecule has 5 heteroatoms. The van der Waals surface area contributed by atoms with E-state index in [0.29, 0.717) is 0 Å². The van der Waals surface area contributed by atoms with Crippen molar-refractivity contribution in [1.82, 2.24) is 9.69 Å². The highest BCUT2D eigenvalue weighted by molar-refractivity contribution is 7.10. The molecule has 14 heavy (non-hydrogen) atoms. The fraction of sp³-hybridized carbons (Fsp3) is 0.556. The number of rotatable bonds is 1. The maximum Gasteiger partial charge on any atom is 0.320 e. The topological polar surface area (TPSA) is 54.0 Å². The number of hydrogen-bond donors (Lipinski definition) is 2. The van der Waals surface area contributed by atoms with Crippen LogP contribution in [-0.2, 0) is 0 Å². The molecule has 0 saturated heterocycles. The maximum atomic E-state index is 11.4. The smallest absolute Gasteiger partial charge is 0.320 e. The highest BCUT2D eigenvalue weighted by Crippen LogP contribution is 2.15. The summed E-state index contributed by atoms with van der Waals surface area (Å²) in [5.74, 6) is 0. The van der Waals surface area contributed by atoms with Gasteiger partial charge in [-0.1, -0.05) is 0 Å². The van der Waals surface area contributed by atoms with Crippen LogP contribution in [0.1, 0.15) is 26.5 Å². The summed E-state index contributed by atoms with van der Waals surface area (Å²) in [6.45, 7) is 7.70. The van der Waals surface area contributed by atoms with Crippen molar-refractivity contribution >= 4 is 22.6 Å². The highest BCUT2D eigenvalue weighted by Gasteiger charge is 2.13. The number of amides is 2. The minimum absolute atomic E-state index is 0.193. The van der Waals surface area contributed by atoms with Gasteiger partial charge in [0.05, 0.1) is 5.69 Å². The van der Waals surface area contributed by atoms with Gasteiger partial charge < -0.3 is 5.32 Å². The molecule has 1 rings (SSSR count). The van der Waals surface area contributed by atoms with Crippen LogP contribution in [0.2, 0.25) is 0 Å². The van der Waals surface area contributed by atoms with Crippen molar-refractivity contribution in [3.8, 4) is 0 Å². The molecule has 1 aromatic rings. The van der Waals surface area contributed by atoms with Crippen LogP contribution in [0.25, 0.3) is 0 Å². The molecule has 0 atom stereocenters. The molecule has 0 spiro atoms. The molecule has 0 saturated carbocycles. The van der Waals surface area contributed by atoms with Crippen LogP contribution in [0, 0.1) is 6.92 Å². The Morgan fingerprint density at radius 3 is 2.57 bits per heavy atom. The quantitative estimate of drug-likeness (QED) is 0.752. The van der Waals surface area contributed by atoms with E-state index in [9.17, 15) is 4.79 Å². The Bertz CT molecular complexity index is 327. The molecule has 0 aliphatic heterocycles. The maximum absolute atomic E-state index is 11.4. The van der Waals surface area contributed by atoms with Crippen molar-refractivity contribution in [1.29, 1.82) is 0 Å². The number of nitrogens with zero attached hydrogens (tertiary/aromatic N) is 1. The fourth-order valence-electron chi connectivity index (χ4n) is 0.906. The average molecular weight is 213 g/mol. The lowest BCUT2D eigenvalue weighted by atomic mass is 10.1. The zero-order chi connectivity index (χ0) is 10.8. The largest absolute Gasteiger partial charge is 0.333 e. The molecule has 0 fully saturated rings. The molecule has 0 aliphatic rings. The number of carbonyl (C=O) groups excluding carboxylic acids is 1. The summed E-state index contributed by atoms with van der Waals surface area (Å²) >= 11 is 1.28. The van der Waals surface area contributed by atoms with E-state index in [2.05, 4.69) is 15.0 Å². The van der Waals surface area contributed by atoms with E-state index in [1.54, 1.807) is 0 Å². The van der Waals surface area contributed by atoms with E-state index >= 15 is 0 Å². The molecule has 0 aliphatic carbocycles. The lowest BCUT2D eigenvalue weighted by molar-refractivity contribution is 0.244. The van der Waals surface area contributed by atoms with Crippen LogP contribution in [0.3, 0.4) is 0 Å². The first-order valence-corrected chi connectivity index (χ1v) is 5.17. The van der Waals surface area contributed by atoms with Crippen LogP contribution in [0.5, 0.6) is 0 Å². The van der Waals surface area contributed by atoms with Crippen LogP contribution in [0.15, 0.2) is 6.07 Å². The summed E-state index contributed by atoms with van der Waals surface area (Å²) in [5.41, 5.74) is 0.699. The highest BCUT2D eigenvalue weighted by atomic mass is 32.1. The van der Waals surface area contributed by atoms with Crippen molar-refractivity contribution in [3.63, 3.8) is 0 Å². The van der Waals surface area contributed by atoms with E-state index in [4.69, 9.17) is 0 Å². The molecule has 1 aromatic heterocycles. The van der Waals surface area contributed by atoms with Crippen molar-refractivity contribution in [2.24, 2.45) is 0 Å². The Kier molecular flexibility index (Phi) is 3.10. The zero-order valence-electron chi connectivity index (χ0n) is 8.84. The lowest BCUT2D eigenvalue weighted by Crippen LogP contribution is -2.42. The van der Waals surface area contributed by atoms with Crippen molar-refractivity contribution < 1.29 is 4.79 Å². The molecule has 78 valence electrons. The zero-order valence-corrected chi connectivity index (χ0v) is 9.66. The number of urea groups is 1. The van der Waals surface area contributed by atoms with Gasteiger partial charge in [0.25, 0.3) is 0 Å². The van der Waals surface area contributed by atoms with E-state index in [0.717, 1.165) is 10.7 Å². The first-order chi connectivity index (χ1) is 6.37. The fourth-order valence-corrected chi connectivity index (χ4v) is 1.56. The standard InChI is InChI=1S/C9H15N3OS/c1-6-5-7(14-12-6)10-8(13)11-9(2,3)4/h5H,1-4H3,(H2,10,11,13). The second-order valence-corrected chi connectivity index (χ2v) is 4.97. The van der Waals surface area contributed by atoms with Crippen molar-refractivity contribution in [3.05, 3.63) is 11.8 Å². The number of nitrogens with one attached hydrogen (secondary N) is 2. The van der Waals surface area contributed by atoms with Gasteiger partial charge >= 0.3 is 6.03 Å². The second-order valence-electron chi connectivity index (χ2n) is 4.16. The summed E-state index contributed by atoms with van der Waals surface area (Å²) in [6, 6.07) is 1.65. The molecule has 0 unspecified atom stereocenters. The van der Waals surface area contributed by atoms with Crippen LogP contribution in [-0.4, -0.2) is 15.9 Å². The predicted octanol–water partition coefficient (Wildman–Crippen LogP) is 2.37. The van der Waals surface area contributed by atoms with Crippen molar-refractivity contribution in [2.45, 2.75) is 33.2 Å². The molecule has 2 amide bonds. The normalized spacial score (nSPS) is 11.1. The Labute approximate surface area is 87.9 Å². The molecule has 4 nitrogen and oxygen atoms in total. The van der Waals surface area contributed by atoms with E-state index in [-0.39, 0.29) is 11.6 Å². The predicted molar refractivity (Wildman–Crippen MR) is 58.8 cm³/mol. The van der Waals surface area contributed by atoms with Gasteiger partial charge in [0.15, 0.2) is 0 Å². The van der Waals surface area contributed by atoms with Crippen LogP contribution in [0.4, 0.5) is 9.80 Å². The SMILES string of the molecule is Cc1cc(NC(=O)NC(C)(C)C)sn1. The first-order valence-electron chi connectivity index (χ1n) is 4.39. The summed E-state index contributed by atoms with van der Waals surface area (Å²) in [7, 11) is 0. The Morgan fingerprint density at radius 1 is 1.50 bits per heavy atom. The second kappa shape index (κ2) is 3.96. The number of aromatic nitrogens is 1. The number of carbonyl (C=O) groups is 1.